The first-order valence-corrected chi connectivity index (χ1v) is 13.1. The van der Waals surface area contributed by atoms with Crippen LogP contribution in [0.25, 0.3) is 11.1 Å². The highest BCUT2D eigenvalue weighted by atomic mass is 35.5. The number of nitrogens with zero attached hydrogens (tertiary/aromatic N) is 4. The number of pyridine rings is 2. The van der Waals surface area contributed by atoms with Gasteiger partial charge in [-0.15, -0.1) is 0 Å². The van der Waals surface area contributed by atoms with Gasteiger partial charge >= 0.3 is 6.18 Å². The van der Waals surface area contributed by atoms with Crippen molar-refractivity contribution >= 4 is 39.9 Å². The molecule has 3 aromatic heterocycles. The summed E-state index contributed by atoms with van der Waals surface area (Å²) in [6, 6.07) is 3.33. The van der Waals surface area contributed by atoms with Gasteiger partial charge in [-0.05, 0) is 38.3 Å². The summed E-state index contributed by atoms with van der Waals surface area (Å²) in [7, 11) is 1.48. The molecule has 39 heavy (non-hydrogen) atoms. The van der Waals surface area contributed by atoms with Crippen molar-refractivity contribution in [1.29, 1.82) is 0 Å². The third-order valence-electron chi connectivity index (χ3n) is 6.98. The number of carbonyl (C=O) groups is 2. The number of rotatable bonds is 5. The van der Waals surface area contributed by atoms with Gasteiger partial charge in [0.2, 0.25) is 5.91 Å². The molecule has 206 valence electrons. The third kappa shape index (κ3) is 5.18. The lowest BCUT2D eigenvalue weighted by Crippen LogP contribution is -2.43. The highest BCUT2D eigenvalue weighted by Crippen LogP contribution is 2.46. The molecule has 2 atom stereocenters. The van der Waals surface area contributed by atoms with Gasteiger partial charge in [-0.25, -0.2) is 9.97 Å². The van der Waals surface area contributed by atoms with E-state index in [4.69, 9.17) is 16.3 Å². The highest BCUT2D eigenvalue weighted by Gasteiger charge is 2.58. The van der Waals surface area contributed by atoms with Crippen molar-refractivity contribution in [3.8, 4) is 16.9 Å². The number of carbonyl (C=O) groups excluding carboxylic acids is 2. The summed E-state index contributed by atoms with van der Waals surface area (Å²) >= 11 is 7.28. The maximum absolute atomic E-state index is 13.3. The van der Waals surface area contributed by atoms with Crippen molar-refractivity contribution in [2.75, 3.05) is 12.4 Å². The Kier molecular flexibility index (Phi) is 7.02. The Morgan fingerprint density at radius 2 is 2.00 bits per heavy atom. The minimum Gasteiger partial charge on any atom is -0.494 e. The number of aromatic nitrogens is 3. The zero-order valence-electron chi connectivity index (χ0n) is 20.8. The molecule has 2 amide bonds. The average molecular weight is 582 g/mol. The second-order valence-corrected chi connectivity index (χ2v) is 11.1. The zero-order valence-corrected chi connectivity index (χ0v) is 22.4. The Bertz CT molecular complexity index is 1440. The smallest absolute Gasteiger partial charge is 0.417 e. The van der Waals surface area contributed by atoms with E-state index in [2.05, 4.69) is 20.3 Å². The van der Waals surface area contributed by atoms with Gasteiger partial charge < -0.3 is 14.7 Å². The van der Waals surface area contributed by atoms with E-state index in [0.29, 0.717) is 33.4 Å². The molecule has 1 aliphatic heterocycles. The fourth-order valence-corrected chi connectivity index (χ4v) is 6.06. The van der Waals surface area contributed by atoms with Gasteiger partial charge in [0.25, 0.3) is 5.91 Å². The molecule has 4 heterocycles. The number of hydrogen-bond donors (Lipinski definition) is 2. The third-order valence-corrected chi connectivity index (χ3v) is 8.19. The summed E-state index contributed by atoms with van der Waals surface area (Å²) in [6.45, 7) is 2.08. The Labute approximate surface area is 230 Å². The zero-order chi connectivity index (χ0) is 28.1. The quantitative estimate of drug-likeness (QED) is 0.417. The molecule has 1 saturated carbocycles. The number of nitrogens with one attached hydrogen (secondary N) is 1. The van der Waals surface area contributed by atoms with Crippen LogP contribution in [0, 0.1) is 12.8 Å². The normalized spacial score (nSPS) is 20.7. The number of anilines is 1. The van der Waals surface area contributed by atoms with Crippen LogP contribution in [0.15, 0.2) is 24.5 Å². The van der Waals surface area contributed by atoms with Gasteiger partial charge in [-0.1, -0.05) is 22.9 Å². The first-order chi connectivity index (χ1) is 18.4. The molecule has 2 aliphatic rings. The number of alkyl halides is 3. The first-order valence-electron chi connectivity index (χ1n) is 11.9. The molecule has 0 saturated heterocycles. The molecule has 0 unspecified atom stereocenters. The number of aryl methyl sites for hydroxylation is 1. The van der Waals surface area contributed by atoms with Crippen LogP contribution >= 0.6 is 22.9 Å². The van der Waals surface area contributed by atoms with Gasteiger partial charge in [0.15, 0.2) is 10.7 Å². The lowest BCUT2D eigenvalue weighted by atomic mass is 9.99. The number of halogens is 4. The summed E-state index contributed by atoms with van der Waals surface area (Å²) in [5.41, 5.74) is -0.233. The number of fused-ring (bicyclic) bond motifs is 1. The molecule has 5 rings (SSSR count). The number of ether oxygens (including phenoxy) is 1. The molecule has 0 spiro atoms. The van der Waals surface area contributed by atoms with Crippen molar-refractivity contribution in [2.24, 2.45) is 5.92 Å². The summed E-state index contributed by atoms with van der Waals surface area (Å²) in [4.78, 5) is 41.0. The predicted octanol–water partition coefficient (Wildman–Crippen LogP) is 4.76. The molecule has 9 nitrogen and oxygen atoms in total. The van der Waals surface area contributed by atoms with E-state index in [0.717, 1.165) is 4.88 Å². The van der Waals surface area contributed by atoms with Gasteiger partial charge in [0, 0.05) is 28.9 Å². The summed E-state index contributed by atoms with van der Waals surface area (Å²) in [5.74, 6) is -1.39. The molecule has 14 heteroatoms. The number of aliphatic hydroxyl groups is 1. The molecule has 2 N–H and O–H groups in total. The monoisotopic (exact) mass is 581 g/mol. The van der Waals surface area contributed by atoms with E-state index in [1.54, 1.807) is 19.1 Å². The van der Waals surface area contributed by atoms with E-state index in [1.165, 1.54) is 35.7 Å². The second kappa shape index (κ2) is 10.0. The Morgan fingerprint density at radius 3 is 2.67 bits per heavy atom. The molecular weight excluding hydrogens is 559 g/mol. The molecule has 3 aromatic rings. The van der Waals surface area contributed by atoms with E-state index in [1.807, 2.05) is 0 Å². The van der Waals surface area contributed by atoms with Crippen LogP contribution in [0.4, 0.5) is 18.3 Å². The average Bonchev–Trinajstić information content (AvgIpc) is 3.57. The second-order valence-electron chi connectivity index (χ2n) is 9.58. The standard InChI is InChI=1S/C25H23ClF3N5O4S/c1-12-5-14(15-6-20(26)31-9-18(15)38-2)16(8-30-12)21(35)33-23-32-17-10-34(11-19(17)39-23)22(36)13-3-4-24(37,7-13)25(27,28)29/h5-6,8-9,13,37H,3-4,7,10-11H2,1-2H3,(H,32,33,35)/t13-,24+/m0/s1. The Morgan fingerprint density at radius 1 is 1.23 bits per heavy atom. The van der Waals surface area contributed by atoms with Gasteiger partial charge in [0.1, 0.15) is 10.9 Å². The number of amides is 2. The fourth-order valence-electron chi connectivity index (χ4n) is 4.92. The topological polar surface area (TPSA) is 118 Å². The molecular formula is C25H23ClF3N5O4S. The maximum atomic E-state index is 13.3. The molecule has 0 bridgehead atoms. The van der Waals surface area contributed by atoms with Crippen LogP contribution in [0.2, 0.25) is 5.15 Å². The Hall–Kier alpha value is -3.29. The van der Waals surface area contributed by atoms with Crippen molar-refractivity contribution in [3.63, 3.8) is 0 Å². The van der Waals surface area contributed by atoms with Crippen LogP contribution in [0.1, 0.15) is 45.9 Å². The summed E-state index contributed by atoms with van der Waals surface area (Å²) < 4.78 is 44.9. The van der Waals surface area contributed by atoms with Crippen molar-refractivity contribution in [3.05, 3.63) is 51.5 Å². The van der Waals surface area contributed by atoms with Gasteiger partial charge in [-0.2, -0.15) is 13.2 Å². The maximum Gasteiger partial charge on any atom is 0.417 e. The van der Waals surface area contributed by atoms with E-state index in [-0.39, 0.29) is 30.2 Å². The van der Waals surface area contributed by atoms with Crippen LogP contribution in [0.5, 0.6) is 5.75 Å². The minimum atomic E-state index is -4.78. The fraction of sp³-hybridized carbons (Fsp3) is 0.400. The van der Waals surface area contributed by atoms with Crippen molar-refractivity contribution < 1.29 is 32.6 Å². The van der Waals surface area contributed by atoms with Crippen LogP contribution in [-0.2, 0) is 17.9 Å². The van der Waals surface area contributed by atoms with E-state index < -0.39 is 42.4 Å². The number of hydrogen-bond acceptors (Lipinski definition) is 8. The van der Waals surface area contributed by atoms with Crippen LogP contribution in [0.3, 0.4) is 0 Å². The van der Waals surface area contributed by atoms with Crippen molar-refractivity contribution in [2.45, 2.75) is 51.1 Å². The van der Waals surface area contributed by atoms with Gasteiger partial charge in [-0.3, -0.25) is 19.9 Å². The highest BCUT2D eigenvalue weighted by molar-refractivity contribution is 7.16. The summed E-state index contributed by atoms with van der Waals surface area (Å²) in [5, 5.41) is 13.2. The molecule has 0 aromatic carbocycles. The van der Waals surface area contributed by atoms with Gasteiger partial charge in [0.05, 0.1) is 42.5 Å². The largest absolute Gasteiger partial charge is 0.494 e. The first kappa shape index (κ1) is 27.3. The Balaban J connectivity index is 1.30. The molecule has 1 fully saturated rings. The SMILES string of the molecule is COc1cnc(Cl)cc1-c1cc(C)ncc1C(=O)Nc1nc2c(s1)CN(C(=O)[C@H]1CC[C@](O)(C(F)(F)F)C1)C2. The van der Waals surface area contributed by atoms with Crippen LogP contribution < -0.4 is 10.1 Å². The predicted molar refractivity (Wildman–Crippen MR) is 136 cm³/mol. The number of methoxy groups -OCH3 is 1. The van der Waals surface area contributed by atoms with Crippen molar-refractivity contribution in [1.82, 2.24) is 19.9 Å². The molecule has 1 aliphatic carbocycles. The lowest BCUT2D eigenvalue weighted by Gasteiger charge is -2.26. The van der Waals surface area contributed by atoms with E-state index in [9.17, 15) is 27.9 Å². The number of thiazole rings is 1. The lowest BCUT2D eigenvalue weighted by molar-refractivity contribution is -0.258. The van der Waals surface area contributed by atoms with E-state index >= 15 is 0 Å². The van der Waals surface area contributed by atoms with Crippen LogP contribution in [-0.4, -0.2) is 55.7 Å². The summed E-state index contributed by atoms with van der Waals surface area (Å²) in [6.07, 6.45) is -3.04. The molecule has 0 radical (unpaired) electrons. The minimum absolute atomic E-state index is 0.0336.